The van der Waals surface area contributed by atoms with Crippen molar-refractivity contribution in [3.05, 3.63) is 23.2 Å². The van der Waals surface area contributed by atoms with E-state index in [-0.39, 0.29) is 6.04 Å². The molecule has 6 nitrogen and oxygen atoms in total. The van der Waals surface area contributed by atoms with E-state index in [0.717, 1.165) is 12.0 Å². The Hall–Kier alpha value is -1.66. The summed E-state index contributed by atoms with van der Waals surface area (Å²) in [4.78, 5) is 0. The van der Waals surface area contributed by atoms with Crippen molar-refractivity contribution in [1.82, 2.24) is 20.2 Å². The number of rotatable bonds is 5. The first-order valence-corrected chi connectivity index (χ1v) is 6.38. The Balaban J connectivity index is 2.46. The summed E-state index contributed by atoms with van der Waals surface area (Å²) in [6, 6.07) is 5.48. The summed E-state index contributed by atoms with van der Waals surface area (Å²) < 4.78 is 6.92. The molecule has 0 spiro atoms. The van der Waals surface area contributed by atoms with Crippen LogP contribution in [0.4, 0.5) is 5.69 Å². The fraction of sp³-hybridized carbons (Fsp3) is 0.417. The number of nitrogens with zero attached hydrogens (tertiary/aromatic N) is 4. The van der Waals surface area contributed by atoms with Crippen LogP contribution in [-0.2, 0) is 4.74 Å². The molecule has 1 unspecified atom stereocenters. The van der Waals surface area contributed by atoms with Crippen LogP contribution in [0.3, 0.4) is 0 Å². The maximum Gasteiger partial charge on any atom is 0.183 e. The number of anilines is 1. The third-order valence-electron chi connectivity index (χ3n) is 2.94. The van der Waals surface area contributed by atoms with Crippen LogP contribution < -0.4 is 5.73 Å². The molecule has 0 aliphatic heterocycles. The van der Waals surface area contributed by atoms with E-state index < -0.39 is 0 Å². The van der Waals surface area contributed by atoms with Gasteiger partial charge in [0.25, 0.3) is 0 Å². The fourth-order valence-electron chi connectivity index (χ4n) is 1.89. The highest BCUT2D eigenvalue weighted by molar-refractivity contribution is 6.35. The summed E-state index contributed by atoms with van der Waals surface area (Å²) >= 11 is 6.22. The van der Waals surface area contributed by atoms with Gasteiger partial charge in [-0.25, -0.2) is 4.68 Å². The molecule has 0 saturated heterocycles. The van der Waals surface area contributed by atoms with Crippen LogP contribution >= 0.6 is 11.6 Å². The van der Waals surface area contributed by atoms with Crippen LogP contribution in [0.1, 0.15) is 19.4 Å². The van der Waals surface area contributed by atoms with E-state index in [1.165, 1.54) is 0 Å². The number of tetrazole rings is 1. The van der Waals surface area contributed by atoms with Crippen molar-refractivity contribution in [3.63, 3.8) is 0 Å². The van der Waals surface area contributed by atoms with E-state index in [2.05, 4.69) is 22.4 Å². The molecule has 0 saturated carbocycles. The fourth-order valence-corrected chi connectivity index (χ4v) is 2.10. The number of hydrogen-bond acceptors (Lipinski definition) is 5. The van der Waals surface area contributed by atoms with E-state index in [1.54, 1.807) is 17.9 Å². The third kappa shape index (κ3) is 2.69. The molecule has 1 atom stereocenters. The molecule has 0 amide bonds. The summed E-state index contributed by atoms with van der Waals surface area (Å²) in [5, 5.41) is 12.3. The first-order valence-electron chi connectivity index (χ1n) is 6.00. The summed E-state index contributed by atoms with van der Waals surface area (Å²) in [6.07, 6.45) is 0.853. The monoisotopic (exact) mass is 281 g/mol. The second-order valence-corrected chi connectivity index (χ2v) is 4.55. The Morgan fingerprint density at radius 2 is 2.26 bits per heavy atom. The molecule has 0 bridgehead atoms. The second-order valence-electron chi connectivity index (χ2n) is 4.17. The van der Waals surface area contributed by atoms with Gasteiger partial charge in [0.05, 0.1) is 23.4 Å². The first-order chi connectivity index (χ1) is 9.19. The average molecular weight is 282 g/mol. The lowest BCUT2D eigenvalue weighted by Gasteiger charge is -2.16. The van der Waals surface area contributed by atoms with Crippen LogP contribution in [0.2, 0.25) is 5.02 Å². The number of methoxy groups -OCH3 is 1. The van der Waals surface area contributed by atoms with Gasteiger partial charge in [0.2, 0.25) is 0 Å². The van der Waals surface area contributed by atoms with Crippen molar-refractivity contribution in [2.24, 2.45) is 0 Å². The molecule has 2 aromatic rings. The van der Waals surface area contributed by atoms with Gasteiger partial charge >= 0.3 is 0 Å². The molecule has 1 heterocycles. The Morgan fingerprint density at radius 3 is 2.95 bits per heavy atom. The van der Waals surface area contributed by atoms with E-state index in [0.29, 0.717) is 23.1 Å². The third-order valence-corrected chi connectivity index (χ3v) is 3.36. The zero-order valence-electron chi connectivity index (χ0n) is 10.9. The zero-order valence-corrected chi connectivity index (χ0v) is 11.6. The lowest BCUT2D eigenvalue weighted by molar-refractivity contribution is 0.147. The molecule has 0 fully saturated rings. The first kappa shape index (κ1) is 13.8. The van der Waals surface area contributed by atoms with Gasteiger partial charge in [-0.3, -0.25) is 0 Å². The summed E-state index contributed by atoms with van der Waals surface area (Å²) in [6.45, 7) is 2.59. The number of ether oxygens (including phenoxy) is 1. The number of aromatic nitrogens is 4. The smallest absolute Gasteiger partial charge is 0.183 e. The Labute approximate surface area is 116 Å². The highest BCUT2D eigenvalue weighted by atomic mass is 35.5. The molecule has 0 aliphatic carbocycles. The van der Waals surface area contributed by atoms with Gasteiger partial charge in [-0.1, -0.05) is 24.6 Å². The van der Waals surface area contributed by atoms with Gasteiger partial charge in [-0.15, -0.1) is 5.10 Å². The number of nitrogens with two attached hydrogens (primary N) is 1. The molecule has 2 rings (SSSR count). The van der Waals surface area contributed by atoms with Crippen molar-refractivity contribution in [2.75, 3.05) is 19.5 Å². The van der Waals surface area contributed by atoms with Gasteiger partial charge in [0.1, 0.15) is 0 Å². The molecule has 1 aromatic heterocycles. The molecule has 19 heavy (non-hydrogen) atoms. The predicted octanol–water partition coefficient (Wildman–Crippen LogP) is 2.17. The van der Waals surface area contributed by atoms with Crippen molar-refractivity contribution >= 4 is 17.3 Å². The van der Waals surface area contributed by atoms with Crippen molar-refractivity contribution in [1.29, 1.82) is 0 Å². The zero-order chi connectivity index (χ0) is 13.8. The lowest BCUT2D eigenvalue weighted by Crippen LogP contribution is -2.16. The SMILES string of the molecule is CCC(COC)n1nnnc1-c1cccc(N)c1Cl. The van der Waals surface area contributed by atoms with Crippen molar-refractivity contribution in [2.45, 2.75) is 19.4 Å². The van der Waals surface area contributed by atoms with Gasteiger partial charge < -0.3 is 10.5 Å². The summed E-state index contributed by atoms with van der Waals surface area (Å²) in [7, 11) is 1.65. The van der Waals surface area contributed by atoms with Gasteiger partial charge in [-0.2, -0.15) is 0 Å². The molecular formula is C12H16ClN5O. The Kier molecular flexibility index (Phi) is 4.34. The van der Waals surface area contributed by atoms with Crippen molar-refractivity contribution < 1.29 is 4.74 Å². The minimum absolute atomic E-state index is 0.0625. The van der Waals surface area contributed by atoms with E-state index in [9.17, 15) is 0 Å². The van der Waals surface area contributed by atoms with E-state index in [1.807, 2.05) is 12.1 Å². The number of nitrogen functional groups attached to an aromatic ring is 1. The molecule has 2 N–H and O–H groups in total. The normalized spacial score (nSPS) is 12.6. The second kappa shape index (κ2) is 5.99. The summed E-state index contributed by atoms with van der Waals surface area (Å²) in [5.41, 5.74) is 7.04. The molecule has 0 radical (unpaired) electrons. The van der Waals surface area contributed by atoms with Gasteiger partial charge in [0, 0.05) is 12.7 Å². The van der Waals surface area contributed by atoms with Gasteiger partial charge in [0.15, 0.2) is 5.82 Å². The van der Waals surface area contributed by atoms with Crippen molar-refractivity contribution in [3.8, 4) is 11.4 Å². The van der Waals surface area contributed by atoms with Crippen LogP contribution in [0, 0.1) is 0 Å². The number of hydrogen-bond donors (Lipinski definition) is 1. The maximum absolute atomic E-state index is 6.22. The van der Waals surface area contributed by atoms with Crippen LogP contribution in [-0.4, -0.2) is 33.9 Å². The van der Waals surface area contributed by atoms with E-state index in [4.69, 9.17) is 22.1 Å². The van der Waals surface area contributed by atoms with Crippen LogP contribution in [0.15, 0.2) is 18.2 Å². The minimum Gasteiger partial charge on any atom is -0.398 e. The maximum atomic E-state index is 6.22. The van der Waals surface area contributed by atoms with Crippen LogP contribution in [0.5, 0.6) is 0 Å². The Morgan fingerprint density at radius 1 is 1.47 bits per heavy atom. The lowest BCUT2D eigenvalue weighted by atomic mass is 10.1. The minimum atomic E-state index is 0.0625. The quantitative estimate of drug-likeness (QED) is 0.850. The highest BCUT2D eigenvalue weighted by Crippen LogP contribution is 2.31. The molecule has 1 aromatic carbocycles. The average Bonchev–Trinajstić information content (AvgIpc) is 2.88. The highest BCUT2D eigenvalue weighted by Gasteiger charge is 2.19. The largest absolute Gasteiger partial charge is 0.398 e. The Bertz CT molecular complexity index is 557. The van der Waals surface area contributed by atoms with Gasteiger partial charge in [-0.05, 0) is 29.0 Å². The molecule has 102 valence electrons. The predicted molar refractivity (Wildman–Crippen MR) is 73.9 cm³/mol. The number of halogens is 1. The van der Waals surface area contributed by atoms with E-state index >= 15 is 0 Å². The molecular weight excluding hydrogens is 266 g/mol. The standard InChI is InChI=1S/C12H16ClN5O/c1-3-8(7-19-2)18-12(15-16-17-18)9-5-4-6-10(14)11(9)13/h4-6,8H,3,7,14H2,1-2H3. The van der Waals surface area contributed by atoms with Crippen LogP contribution in [0.25, 0.3) is 11.4 Å². The molecule has 7 heteroatoms. The summed E-state index contributed by atoms with van der Waals surface area (Å²) in [5.74, 6) is 0.598. The molecule has 0 aliphatic rings. The topological polar surface area (TPSA) is 78.8 Å². The number of benzene rings is 1.